The number of benzene rings is 3. The van der Waals surface area contributed by atoms with Crippen LogP contribution in [-0.2, 0) is 4.79 Å². The fraction of sp³-hybridized carbons (Fsp3) is 0.200. The van der Waals surface area contributed by atoms with Crippen LogP contribution in [0.3, 0.4) is 0 Å². The second-order valence-corrected chi connectivity index (χ2v) is 9.17. The van der Waals surface area contributed by atoms with Gasteiger partial charge < -0.3 is 15.4 Å². The van der Waals surface area contributed by atoms with Crippen molar-refractivity contribution in [2.45, 2.75) is 30.9 Å². The van der Waals surface area contributed by atoms with E-state index in [0.29, 0.717) is 27.7 Å². The molecule has 2 amide bonds. The molecule has 2 N–H and O–H groups in total. The summed E-state index contributed by atoms with van der Waals surface area (Å²) in [4.78, 5) is 26.1. The molecule has 7 heteroatoms. The molecule has 0 saturated carbocycles. The molecule has 3 rings (SSSR count). The summed E-state index contributed by atoms with van der Waals surface area (Å²) in [6.45, 7) is 5.61. The van der Waals surface area contributed by atoms with Gasteiger partial charge in [0.1, 0.15) is 5.75 Å². The molecule has 0 aliphatic rings. The summed E-state index contributed by atoms with van der Waals surface area (Å²) in [7, 11) is 1.54. The van der Waals surface area contributed by atoms with Gasteiger partial charge in [0, 0.05) is 27.2 Å². The molecule has 0 fully saturated rings. The van der Waals surface area contributed by atoms with Crippen LogP contribution in [0.2, 0.25) is 5.02 Å². The van der Waals surface area contributed by atoms with E-state index in [0.717, 1.165) is 16.0 Å². The van der Waals surface area contributed by atoms with Crippen molar-refractivity contribution in [2.24, 2.45) is 0 Å². The summed E-state index contributed by atoms with van der Waals surface area (Å²) in [6, 6.07) is 18.4. The monoisotopic (exact) mass is 468 g/mol. The van der Waals surface area contributed by atoms with E-state index in [1.54, 1.807) is 18.2 Å². The lowest BCUT2D eigenvalue weighted by atomic mass is 10.1. The van der Waals surface area contributed by atoms with Gasteiger partial charge in [-0.15, -0.1) is 11.8 Å². The Hall–Kier alpha value is -2.96. The van der Waals surface area contributed by atoms with Gasteiger partial charge in [-0.3, -0.25) is 9.59 Å². The van der Waals surface area contributed by atoms with Crippen molar-refractivity contribution in [1.29, 1.82) is 0 Å². The van der Waals surface area contributed by atoms with Crippen LogP contribution in [0.25, 0.3) is 0 Å². The lowest BCUT2D eigenvalue weighted by molar-refractivity contribution is -0.115. The highest BCUT2D eigenvalue weighted by atomic mass is 35.5. The van der Waals surface area contributed by atoms with Crippen LogP contribution in [0.15, 0.2) is 65.6 Å². The molecule has 1 unspecified atom stereocenters. The molecular formula is C25H25ClN2O3S. The molecule has 0 bridgehead atoms. The van der Waals surface area contributed by atoms with E-state index in [4.69, 9.17) is 16.3 Å². The van der Waals surface area contributed by atoms with Crippen molar-refractivity contribution >= 4 is 46.6 Å². The number of anilines is 2. The van der Waals surface area contributed by atoms with Gasteiger partial charge >= 0.3 is 0 Å². The summed E-state index contributed by atoms with van der Waals surface area (Å²) in [5.41, 5.74) is 3.70. The van der Waals surface area contributed by atoms with E-state index in [-0.39, 0.29) is 17.1 Å². The third-order valence-electron chi connectivity index (χ3n) is 4.92. The Labute approximate surface area is 197 Å². The second-order valence-electron chi connectivity index (χ2n) is 7.34. The van der Waals surface area contributed by atoms with Crippen molar-refractivity contribution in [2.75, 3.05) is 17.7 Å². The minimum atomic E-state index is -0.344. The number of amides is 2. The molecule has 0 aliphatic heterocycles. The topological polar surface area (TPSA) is 67.4 Å². The quantitative estimate of drug-likeness (QED) is 0.397. The van der Waals surface area contributed by atoms with Gasteiger partial charge in [0.15, 0.2) is 0 Å². The average Bonchev–Trinajstić information content (AvgIpc) is 2.77. The van der Waals surface area contributed by atoms with Crippen LogP contribution >= 0.6 is 23.4 Å². The van der Waals surface area contributed by atoms with E-state index in [1.165, 1.54) is 18.9 Å². The molecule has 3 aromatic rings. The van der Waals surface area contributed by atoms with Gasteiger partial charge in [-0.1, -0.05) is 29.8 Å². The summed E-state index contributed by atoms with van der Waals surface area (Å²) in [5.74, 6) is 0.218. The van der Waals surface area contributed by atoms with Crippen molar-refractivity contribution in [3.05, 3.63) is 82.4 Å². The first kappa shape index (κ1) is 23.7. The maximum atomic E-state index is 12.7. The van der Waals surface area contributed by atoms with E-state index in [1.807, 2.05) is 63.2 Å². The number of hydrogen-bond acceptors (Lipinski definition) is 4. The largest absolute Gasteiger partial charge is 0.495 e. The Morgan fingerprint density at radius 2 is 1.66 bits per heavy atom. The van der Waals surface area contributed by atoms with Crippen LogP contribution in [0.5, 0.6) is 5.75 Å². The van der Waals surface area contributed by atoms with Gasteiger partial charge in [0.2, 0.25) is 5.91 Å². The smallest absolute Gasteiger partial charge is 0.255 e. The molecule has 166 valence electrons. The van der Waals surface area contributed by atoms with Gasteiger partial charge in [-0.05, 0) is 68.3 Å². The Morgan fingerprint density at radius 1 is 0.969 bits per heavy atom. The molecule has 1 atom stereocenters. The number of thioether (sulfide) groups is 1. The number of rotatable bonds is 7. The molecule has 0 aromatic heterocycles. The standard InChI is InChI=1S/C25H25ClN2O3S/c1-15-7-5-6-8-20(15)25(30)27-18-9-11-19(12-10-18)32-17(3)24(29)28-22-13-16(2)21(26)14-23(22)31-4/h5-14,17H,1-4H3,(H,27,30)(H,28,29). The highest BCUT2D eigenvalue weighted by Crippen LogP contribution is 2.32. The van der Waals surface area contributed by atoms with Crippen LogP contribution < -0.4 is 15.4 Å². The number of hydrogen-bond donors (Lipinski definition) is 2. The maximum absolute atomic E-state index is 12.7. The first-order valence-corrected chi connectivity index (χ1v) is 11.3. The number of methoxy groups -OCH3 is 1. The average molecular weight is 469 g/mol. The summed E-state index contributed by atoms with van der Waals surface area (Å²) < 4.78 is 5.32. The summed E-state index contributed by atoms with van der Waals surface area (Å²) in [6.07, 6.45) is 0. The Bertz CT molecular complexity index is 1130. The molecule has 32 heavy (non-hydrogen) atoms. The Balaban J connectivity index is 1.61. The van der Waals surface area contributed by atoms with Gasteiger partial charge in [-0.2, -0.15) is 0 Å². The maximum Gasteiger partial charge on any atom is 0.255 e. The third kappa shape index (κ3) is 5.84. The zero-order valence-electron chi connectivity index (χ0n) is 18.4. The first-order valence-electron chi connectivity index (χ1n) is 10.1. The molecule has 0 saturated heterocycles. The van der Waals surface area contributed by atoms with Gasteiger partial charge in [0.25, 0.3) is 5.91 Å². The van der Waals surface area contributed by atoms with Gasteiger partial charge in [0.05, 0.1) is 18.0 Å². The fourth-order valence-corrected chi connectivity index (χ4v) is 4.09. The molecular weight excluding hydrogens is 444 g/mol. The summed E-state index contributed by atoms with van der Waals surface area (Å²) >= 11 is 7.56. The molecule has 0 radical (unpaired) electrons. The molecule has 0 spiro atoms. The predicted molar refractivity (Wildman–Crippen MR) is 132 cm³/mol. The normalized spacial score (nSPS) is 11.5. The predicted octanol–water partition coefficient (Wildman–Crippen LogP) is 6.34. The first-order chi connectivity index (χ1) is 15.3. The second kappa shape index (κ2) is 10.6. The lowest BCUT2D eigenvalue weighted by Crippen LogP contribution is -2.22. The van der Waals surface area contributed by atoms with E-state index < -0.39 is 0 Å². The number of aryl methyl sites for hydroxylation is 2. The Morgan fingerprint density at radius 3 is 2.31 bits per heavy atom. The van der Waals surface area contributed by atoms with Gasteiger partial charge in [-0.25, -0.2) is 0 Å². The van der Waals surface area contributed by atoms with Crippen molar-refractivity contribution < 1.29 is 14.3 Å². The van der Waals surface area contributed by atoms with E-state index in [2.05, 4.69) is 10.6 Å². The Kier molecular flexibility index (Phi) is 7.83. The molecule has 3 aromatic carbocycles. The minimum absolute atomic E-state index is 0.146. The number of carbonyl (C=O) groups excluding carboxylic acids is 2. The van der Waals surface area contributed by atoms with E-state index in [9.17, 15) is 9.59 Å². The van der Waals surface area contributed by atoms with E-state index >= 15 is 0 Å². The zero-order chi connectivity index (χ0) is 23.3. The number of halogens is 1. The SMILES string of the molecule is COc1cc(Cl)c(C)cc1NC(=O)C(C)Sc1ccc(NC(=O)c2ccccc2C)cc1. The molecule has 0 heterocycles. The highest BCUT2D eigenvalue weighted by molar-refractivity contribution is 8.00. The minimum Gasteiger partial charge on any atom is -0.495 e. The fourth-order valence-electron chi connectivity index (χ4n) is 3.06. The highest BCUT2D eigenvalue weighted by Gasteiger charge is 2.17. The zero-order valence-corrected chi connectivity index (χ0v) is 19.9. The molecule has 0 aliphatic carbocycles. The third-order valence-corrected chi connectivity index (χ3v) is 6.44. The molecule has 5 nitrogen and oxygen atoms in total. The number of carbonyl (C=O) groups is 2. The van der Waals surface area contributed by atoms with Crippen molar-refractivity contribution in [3.63, 3.8) is 0 Å². The van der Waals surface area contributed by atoms with Crippen LogP contribution in [0, 0.1) is 13.8 Å². The summed E-state index contributed by atoms with van der Waals surface area (Å²) in [5, 5.41) is 6.05. The lowest BCUT2D eigenvalue weighted by Gasteiger charge is -2.15. The van der Waals surface area contributed by atoms with Crippen molar-refractivity contribution in [3.8, 4) is 5.75 Å². The van der Waals surface area contributed by atoms with Crippen LogP contribution in [0.4, 0.5) is 11.4 Å². The number of ether oxygens (including phenoxy) is 1. The number of nitrogens with one attached hydrogen (secondary N) is 2. The van der Waals surface area contributed by atoms with Crippen molar-refractivity contribution in [1.82, 2.24) is 0 Å². The van der Waals surface area contributed by atoms with Crippen LogP contribution in [-0.4, -0.2) is 24.2 Å². The van der Waals surface area contributed by atoms with Crippen LogP contribution in [0.1, 0.15) is 28.4 Å².